The van der Waals surface area contributed by atoms with Gasteiger partial charge >= 0.3 is 0 Å². The first-order valence-corrected chi connectivity index (χ1v) is 5.27. The minimum atomic E-state index is -1.14. The second-order valence-corrected chi connectivity index (χ2v) is 4.18. The summed E-state index contributed by atoms with van der Waals surface area (Å²) in [6.07, 6.45) is 0.490. The highest BCUT2D eigenvalue weighted by atomic mass is 19.1. The van der Waals surface area contributed by atoms with Crippen molar-refractivity contribution in [3.05, 3.63) is 71.0 Å². The van der Waals surface area contributed by atoms with Crippen LogP contribution >= 0.6 is 0 Å². The third-order valence-corrected chi connectivity index (χ3v) is 3.21. The molecule has 1 atom stereocenters. The van der Waals surface area contributed by atoms with E-state index in [0.717, 1.165) is 11.1 Å². The van der Waals surface area contributed by atoms with Crippen LogP contribution in [0.4, 0.5) is 4.39 Å². The van der Waals surface area contributed by atoms with Crippen LogP contribution in [0.3, 0.4) is 0 Å². The van der Waals surface area contributed by atoms with Gasteiger partial charge in [-0.05, 0) is 17.2 Å². The van der Waals surface area contributed by atoms with E-state index >= 15 is 0 Å². The molecule has 0 saturated heterocycles. The third kappa shape index (κ3) is 1.14. The quantitative estimate of drug-likeness (QED) is 0.773. The van der Waals surface area contributed by atoms with Crippen molar-refractivity contribution in [1.29, 1.82) is 0 Å². The largest absolute Gasteiger partial charge is 0.380 e. The fourth-order valence-electron chi connectivity index (χ4n) is 2.40. The Morgan fingerprint density at radius 1 is 1.00 bits per heavy atom. The van der Waals surface area contributed by atoms with E-state index in [4.69, 9.17) is 0 Å². The third-order valence-electron chi connectivity index (χ3n) is 3.21. The van der Waals surface area contributed by atoms with Crippen molar-refractivity contribution in [1.82, 2.24) is 0 Å². The maximum atomic E-state index is 13.7. The van der Waals surface area contributed by atoms with E-state index in [1.165, 1.54) is 6.07 Å². The molecule has 0 aromatic heterocycles. The molecule has 16 heavy (non-hydrogen) atoms. The zero-order chi connectivity index (χ0) is 11.2. The number of hydrogen-bond donors (Lipinski definition) is 1. The molecule has 0 aliphatic heterocycles. The van der Waals surface area contributed by atoms with Gasteiger partial charge in [0.2, 0.25) is 0 Å². The van der Waals surface area contributed by atoms with Gasteiger partial charge in [0.25, 0.3) is 0 Å². The first-order chi connectivity index (χ1) is 7.72. The van der Waals surface area contributed by atoms with Gasteiger partial charge in [-0.3, -0.25) is 0 Å². The maximum absolute atomic E-state index is 13.7. The molecule has 2 aromatic carbocycles. The van der Waals surface area contributed by atoms with Crippen LogP contribution in [-0.2, 0) is 12.0 Å². The Balaban J connectivity index is 2.15. The average Bonchev–Trinajstić information content (AvgIpc) is 2.28. The van der Waals surface area contributed by atoms with Gasteiger partial charge in [0.1, 0.15) is 11.4 Å². The van der Waals surface area contributed by atoms with Crippen molar-refractivity contribution >= 4 is 0 Å². The molecule has 1 aliphatic carbocycles. The number of fused-ring (bicyclic) bond motifs is 1. The lowest BCUT2D eigenvalue weighted by Crippen LogP contribution is -2.40. The molecule has 80 valence electrons. The molecule has 0 spiro atoms. The summed E-state index contributed by atoms with van der Waals surface area (Å²) in [6.45, 7) is 0. The Morgan fingerprint density at radius 3 is 2.44 bits per heavy atom. The van der Waals surface area contributed by atoms with Crippen molar-refractivity contribution in [2.75, 3.05) is 0 Å². The average molecular weight is 214 g/mol. The molecule has 0 fully saturated rings. The van der Waals surface area contributed by atoms with E-state index in [0.29, 0.717) is 12.0 Å². The Morgan fingerprint density at radius 2 is 1.75 bits per heavy atom. The molecule has 0 amide bonds. The van der Waals surface area contributed by atoms with Crippen molar-refractivity contribution in [2.24, 2.45) is 0 Å². The van der Waals surface area contributed by atoms with Gasteiger partial charge in [-0.15, -0.1) is 0 Å². The summed E-state index contributed by atoms with van der Waals surface area (Å²) in [5, 5.41) is 10.5. The van der Waals surface area contributed by atoms with Crippen LogP contribution in [0.25, 0.3) is 0 Å². The van der Waals surface area contributed by atoms with Crippen LogP contribution in [0.2, 0.25) is 0 Å². The second-order valence-electron chi connectivity index (χ2n) is 4.18. The highest BCUT2D eigenvalue weighted by Gasteiger charge is 2.44. The van der Waals surface area contributed by atoms with Crippen LogP contribution in [0, 0.1) is 5.82 Å². The standard InChI is InChI=1S/C14H11FO/c15-12-8-4-5-10-9-14(16,13(10)12)11-6-2-1-3-7-11/h1-8,16H,9H2/t14-/m1/s1. The summed E-state index contributed by atoms with van der Waals surface area (Å²) < 4.78 is 13.7. The summed E-state index contributed by atoms with van der Waals surface area (Å²) in [6, 6.07) is 14.2. The number of rotatable bonds is 1. The molecular formula is C14H11FO. The lowest BCUT2D eigenvalue weighted by molar-refractivity contribution is 0.0515. The summed E-state index contributed by atoms with van der Waals surface area (Å²) in [4.78, 5) is 0. The van der Waals surface area contributed by atoms with E-state index in [9.17, 15) is 9.50 Å². The van der Waals surface area contributed by atoms with E-state index in [1.54, 1.807) is 6.07 Å². The minimum Gasteiger partial charge on any atom is -0.380 e. The zero-order valence-electron chi connectivity index (χ0n) is 8.65. The smallest absolute Gasteiger partial charge is 0.129 e. The molecule has 1 aliphatic rings. The minimum absolute atomic E-state index is 0.324. The Hall–Kier alpha value is -1.67. The SMILES string of the molecule is O[C@@]1(c2ccccc2)Cc2cccc(F)c21. The first-order valence-electron chi connectivity index (χ1n) is 5.27. The van der Waals surface area contributed by atoms with Crippen LogP contribution in [0.1, 0.15) is 16.7 Å². The van der Waals surface area contributed by atoms with Gasteiger partial charge in [-0.25, -0.2) is 4.39 Å². The van der Waals surface area contributed by atoms with Gasteiger partial charge in [-0.1, -0.05) is 42.5 Å². The fraction of sp³-hybridized carbons (Fsp3) is 0.143. The maximum Gasteiger partial charge on any atom is 0.129 e. The van der Waals surface area contributed by atoms with Gasteiger partial charge in [0, 0.05) is 12.0 Å². The van der Waals surface area contributed by atoms with Crippen molar-refractivity contribution in [3.63, 3.8) is 0 Å². The summed E-state index contributed by atoms with van der Waals surface area (Å²) in [5.41, 5.74) is 0.947. The highest BCUT2D eigenvalue weighted by molar-refractivity contribution is 5.51. The van der Waals surface area contributed by atoms with Crippen molar-refractivity contribution in [3.8, 4) is 0 Å². The number of benzene rings is 2. The van der Waals surface area contributed by atoms with E-state index in [2.05, 4.69) is 0 Å². The molecule has 0 radical (unpaired) electrons. The Kier molecular flexibility index (Phi) is 1.88. The molecule has 3 rings (SSSR count). The Bertz CT molecular complexity index is 521. The summed E-state index contributed by atoms with van der Waals surface area (Å²) in [5.74, 6) is -0.324. The number of aliphatic hydroxyl groups is 1. The molecule has 0 bridgehead atoms. The second kappa shape index (κ2) is 3.16. The fourth-order valence-corrected chi connectivity index (χ4v) is 2.40. The van der Waals surface area contributed by atoms with Gasteiger partial charge in [-0.2, -0.15) is 0 Å². The van der Waals surface area contributed by atoms with Crippen LogP contribution in [0.5, 0.6) is 0 Å². The topological polar surface area (TPSA) is 20.2 Å². The van der Waals surface area contributed by atoms with Crippen molar-refractivity contribution in [2.45, 2.75) is 12.0 Å². The van der Waals surface area contributed by atoms with Gasteiger partial charge < -0.3 is 5.11 Å². The van der Waals surface area contributed by atoms with Gasteiger partial charge in [0.05, 0.1) is 0 Å². The molecule has 2 aromatic rings. The highest BCUT2D eigenvalue weighted by Crippen LogP contribution is 2.45. The van der Waals surface area contributed by atoms with Crippen LogP contribution in [-0.4, -0.2) is 5.11 Å². The van der Waals surface area contributed by atoms with E-state index in [-0.39, 0.29) is 5.82 Å². The lowest BCUT2D eigenvalue weighted by Gasteiger charge is -2.40. The molecular weight excluding hydrogens is 203 g/mol. The molecule has 0 saturated carbocycles. The molecule has 1 N–H and O–H groups in total. The van der Waals surface area contributed by atoms with E-state index < -0.39 is 5.60 Å². The molecule has 0 heterocycles. The zero-order valence-corrected chi connectivity index (χ0v) is 8.65. The Labute approximate surface area is 93.2 Å². The lowest BCUT2D eigenvalue weighted by atomic mass is 9.69. The van der Waals surface area contributed by atoms with Gasteiger partial charge in [0.15, 0.2) is 0 Å². The van der Waals surface area contributed by atoms with Crippen LogP contribution < -0.4 is 0 Å². The normalized spacial score (nSPS) is 22.4. The van der Waals surface area contributed by atoms with Crippen molar-refractivity contribution < 1.29 is 9.50 Å². The van der Waals surface area contributed by atoms with E-state index in [1.807, 2.05) is 36.4 Å². The summed E-state index contributed by atoms with van der Waals surface area (Å²) >= 11 is 0. The monoisotopic (exact) mass is 214 g/mol. The molecule has 1 nitrogen and oxygen atoms in total. The summed E-state index contributed by atoms with van der Waals surface area (Å²) in [7, 11) is 0. The molecule has 0 unspecified atom stereocenters. The predicted octanol–water partition coefficient (Wildman–Crippen LogP) is 2.62. The predicted molar refractivity (Wildman–Crippen MR) is 59.5 cm³/mol. The first kappa shape index (κ1) is 9.55. The number of halogens is 1. The number of hydrogen-bond acceptors (Lipinski definition) is 1. The van der Waals surface area contributed by atoms with Crippen LogP contribution in [0.15, 0.2) is 48.5 Å². The molecule has 2 heteroatoms.